The maximum atomic E-state index is 11.8. The van der Waals surface area contributed by atoms with Crippen molar-refractivity contribution in [1.82, 2.24) is 0 Å². The predicted octanol–water partition coefficient (Wildman–Crippen LogP) is 5.10. The fourth-order valence-electron chi connectivity index (χ4n) is 11.3. The Morgan fingerprint density at radius 3 is 2.29 bits per heavy atom. The Balaban J connectivity index is 1.49. The summed E-state index contributed by atoms with van der Waals surface area (Å²) in [7, 11) is 0. The van der Waals surface area contributed by atoms with Crippen LogP contribution in [0.1, 0.15) is 92.9 Å². The van der Waals surface area contributed by atoms with Crippen molar-refractivity contribution in [2.45, 2.75) is 111 Å². The van der Waals surface area contributed by atoms with Gasteiger partial charge in [-0.1, -0.05) is 53.7 Å². The topological polar surface area (TPSA) is 69.9 Å². The zero-order valence-electron chi connectivity index (χ0n) is 22.4. The summed E-state index contributed by atoms with van der Waals surface area (Å²) in [6, 6.07) is 0. The Kier molecular flexibility index (Phi) is 4.73. The van der Waals surface area contributed by atoms with Crippen LogP contribution in [0.15, 0.2) is 12.2 Å². The largest absolute Gasteiger partial charge is 0.396 e. The van der Waals surface area contributed by atoms with Crippen LogP contribution < -0.4 is 0 Å². The molecule has 34 heavy (non-hydrogen) atoms. The number of hydrogen-bond donors (Lipinski definition) is 3. The molecule has 5 aliphatic carbocycles. The Labute approximate surface area is 206 Å². The first-order valence-corrected chi connectivity index (χ1v) is 14.1. The summed E-state index contributed by atoms with van der Waals surface area (Å²) in [6.07, 6.45) is 12.3. The zero-order valence-corrected chi connectivity index (χ0v) is 22.4. The molecule has 1 aliphatic heterocycles. The monoisotopic (exact) mass is 472 g/mol. The maximum absolute atomic E-state index is 11.8. The van der Waals surface area contributed by atoms with Crippen molar-refractivity contribution in [2.75, 3.05) is 13.2 Å². The number of fused-ring (bicyclic) bond motifs is 4. The zero-order chi connectivity index (χ0) is 24.6. The van der Waals surface area contributed by atoms with Gasteiger partial charge in [-0.15, -0.1) is 0 Å². The smallest absolute Gasteiger partial charge is 0.0957 e. The first kappa shape index (κ1) is 23.9. The van der Waals surface area contributed by atoms with Crippen molar-refractivity contribution in [2.24, 2.45) is 50.2 Å². The minimum absolute atomic E-state index is 0.00469. The van der Waals surface area contributed by atoms with Gasteiger partial charge in [0.05, 0.1) is 31.0 Å². The van der Waals surface area contributed by atoms with Crippen LogP contribution in [0.4, 0.5) is 0 Å². The Morgan fingerprint density at radius 2 is 1.59 bits per heavy atom. The van der Waals surface area contributed by atoms with Crippen LogP contribution in [-0.2, 0) is 4.74 Å². The van der Waals surface area contributed by atoms with Crippen LogP contribution in [-0.4, -0.2) is 46.3 Å². The van der Waals surface area contributed by atoms with E-state index in [1.165, 1.54) is 6.42 Å². The van der Waals surface area contributed by atoms with Gasteiger partial charge in [-0.2, -0.15) is 0 Å². The van der Waals surface area contributed by atoms with Crippen LogP contribution in [0.5, 0.6) is 0 Å². The molecule has 1 heterocycles. The first-order chi connectivity index (χ1) is 15.7. The summed E-state index contributed by atoms with van der Waals surface area (Å²) in [5.74, 6) is 1.01. The lowest BCUT2D eigenvalue weighted by Gasteiger charge is -2.73. The second kappa shape index (κ2) is 6.71. The van der Waals surface area contributed by atoms with Gasteiger partial charge in [0.1, 0.15) is 0 Å². The van der Waals surface area contributed by atoms with Gasteiger partial charge in [0.2, 0.25) is 0 Å². The third kappa shape index (κ3) is 2.42. The van der Waals surface area contributed by atoms with Gasteiger partial charge in [-0.3, -0.25) is 0 Å². The van der Waals surface area contributed by atoms with E-state index in [-0.39, 0.29) is 45.4 Å². The molecule has 0 unspecified atom stereocenters. The van der Waals surface area contributed by atoms with Gasteiger partial charge in [0.25, 0.3) is 0 Å². The molecule has 1 saturated heterocycles. The molecule has 2 bridgehead atoms. The second-order valence-corrected chi connectivity index (χ2v) is 15.4. The van der Waals surface area contributed by atoms with Gasteiger partial charge in [0, 0.05) is 22.2 Å². The van der Waals surface area contributed by atoms with E-state index in [9.17, 15) is 15.3 Å². The Bertz CT molecular complexity index is 913. The summed E-state index contributed by atoms with van der Waals surface area (Å²) in [6.45, 7) is 15.1. The lowest BCUT2D eigenvalue weighted by atomic mass is 9.32. The van der Waals surface area contributed by atoms with Crippen molar-refractivity contribution >= 4 is 0 Å². The van der Waals surface area contributed by atoms with Gasteiger partial charge < -0.3 is 20.1 Å². The molecule has 6 aliphatic rings. The molecule has 4 nitrogen and oxygen atoms in total. The molecule has 4 heteroatoms. The highest BCUT2D eigenvalue weighted by Crippen LogP contribution is 2.79. The Hall–Kier alpha value is -0.420. The fraction of sp³-hybridized carbons (Fsp3) is 0.933. The summed E-state index contributed by atoms with van der Waals surface area (Å²) >= 11 is 0. The minimum atomic E-state index is -0.448. The number of aliphatic hydroxyl groups excluding tert-OH is 3. The lowest BCUT2D eigenvalue weighted by Crippen LogP contribution is -2.72. The summed E-state index contributed by atoms with van der Waals surface area (Å²) in [5.41, 5.74) is -0.668. The summed E-state index contributed by atoms with van der Waals surface area (Å²) in [4.78, 5) is 0. The van der Waals surface area contributed by atoms with Crippen molar-refractivity contribution in [3.05, 3.63) is 12.2 Å². The number of rotatable bonds is 1. The average molecular weight is 473 g/mol. The third-order valence-electron chi connectivity index (χ3n) is 13.7. The molecular weight excluding hydrogens is 424 g/mol. The van der Waals surface area contributed by atoms with E-state index in [0.717, 1.165) is 44.9 Å². The Morgan fingerprint density at radius 1 is 0.853 bits per heavy atom. The fourth-order valence-corrected chi connectivity index (χ4v) is 11.3. The highest BCUT2D eigenvalue weighted by atomic mass is 16.5. The molecule has 5 fully saturated rings. The molecule has 3 N–H and O–H groups in total. The predicted molar refractivity (Wildman–Crippen MR) is 133 cm³/mol. The minimum Gasteiger partial charge on any atom is -0.396 e. The first-order valence-electron chi connectivity index (χ1n) is 14.1. The van der Waals surface area contributed by atoms with Gasteiger partial charge in [0.15, 0.2) is 0 Å². The molecule has 0 aromatic rings. The average Bonchev–Trinajstić information content (AvgIpc) is 3.04. The van der Waals surface area contributed by atoms with Crippen LogP contribution >= 0.6 is 0 Å². The van der Waals surface area contributed by atoms with E-state index in [1.807, 2.05) is 0 Å². The van der Waals surface area contributed by atoms with Gasteiger partial charge in [-0.25, -0.2) is 0 Å². The molecule has 11 atom stereocenters. The van der Waals surface area contributed by atoms with Crippen molar-refractivity contribution < 1.29 is 20.1 Å². The SMILES string of the molecule is CC1(C)CC[C@@]23CO[C@]4(C=C[C@H]5[C@]6(C)CC[C@@H](O)[C@](C)(CO)[C@H]6CC[C@]5(C)[C@@]4(C)C[C@H]2O)[C@H]3C1. The third-order valence-corrected chi connectivity index (χ3v) is 13.7. The number of allylic oxidation sites excluding steroid dienone is 1. The molecule has 4 saturated carbocycles. The lowest BCUT2D eigenvalue weighted by molar-refractivity contribution is -0.259. The molecule has 6 rings (SSSR count). The number of ether oxygens (including phenoxy) is 1. The highest BCUT2D eigenvalue weighted by Gasteiger charge is 2.78. The molecule has 0 radical (unpaired) electrons. The summed E-state index contributed by atoms with van der Waals surface area (Å²) < 4.78 is 7.01. The molecule has 0 aromatic heterocycles. The molecule has 1 spiro atoms. The molecule has 192 valence electrons. The standard InChI is InChI=1S/C30H48O4/c1-24(2)13-14-29-18-34-30(21(29)15-24)12-8-20-25(3)10-9-22(32)26(4,17-31)19(25)7-11-27(20,5)28(30,6)16-23(29)33/h8,12,19-23,31-33H,7,9-11,13-18H2,1-6H3/t19-,20-,21-,22+,23+,25+,26+,27-,28+,29-,30+/m0/s1. The maximum Gasteiger partial charge on any atom is 0.0957 e. The van der Waals surface area contributed by atoms with Gasteiger partial charge in [-0.05, 0) is 79.4 Å². The van der Waals surface area contributed by atoms with Crippen LogP contribution in [0, 0.1) is 50.2 Å². The van der Waals surface area contributed by atoms with Crippen molar-refractivity contribution in [3.8, 4) is 0 Å². The van der Waals surface area contributed by atoms with E-state index in [2.05, 4.69) is 53.7 Å². The van der Waals surface area contributed by atoms with E-state index in [4.69, 9.17) is 4.74 Å². The van der Waals surface area contributed by atoms with Crippen molar-refractivity contribution in [3.63, 3.8) is 0 Å². The van der Waals surface area contributed by atoms with Crippen LogP contribution in [0.2, 0.25) is 0 Å². The van der Waals surface area contributed by atoms with Crippen LogP contribution in [0.25, 0.3) is 0 Å². The number of hydrogen-bond acceptors (Lipinski definition) is 4. The summed E-state index contributed by atoms with van der Waals surface area (Å²) in [5, 5.41) is 33.2. The van der Waals surface area contributed by atoms with Crippen LogP contribution in [0.3, 0.4) is 0 Å². The van der Waals surface area contributed by atoms with E-state index in [1.54, 1.807) is 0 Å². The van der Waals surface area contributed by atoms with E-state index < -0.39 is 11.5 Å². The molecular formula is C30H48O4. The quantitative estimate of drug-likeness (QED) is 0.464. The van der Waals surface area contributed by atoms with E-state index in [0.29, 0.717) is 24.4 Å². The second-order valence-electron chi connectivity index (χ2n) is 15.4. The van der Waals surface area contributed by atoms with Crippen molar-refractivity contribution in [1.29, 1.82) is 0 Å². The molecule has 0 amide bonds. The van der Waals surface area contributed by atoms with Gasteiger partial charge >= 0.3 is 0 Å². The normalized spacial score (nSPS) is 61.7. The highest BCUT2D eigenvalue weighted by molar-refractivity contribution is 5.35. The number of aliphatic hydroxyl groups is 3. The molecule has 0 aromatic carbocycles. The van der Waals surface area contributed by atoms with E-state index >= 15 is 0 Å².